The van der Waals surface area contributed by atoms with Crippen molar-refractivity contribution in [3.05, 3.63) is 88.8 Å². The fourth-order valence-corrected chi connectivity index (χ4v) is 2.28. The van der Waals surface area contributed by atoms with Gasteiger partial charge in [0.1, 0.15) is 12.4 Å². The first-order chi connectivity index (χ1) is 12.2. The molecule has 1 amide bonds. The van der Waals surface area contributed by atoms with Crippen LogP contribution in [0.1, 0.15) is 21.7 Å². The normalized spacial score (nSPS) is 10.8. The third-order valence-corrected chi connectivity index (χ3v) is 3.70. The van der Waals surface area contributed by atoms with Gasteiger partial charge in [0.15, 0.2) is 5.76 Å². The number of halogens is 1. The predicted molar refractivity (Wildman–Crippen MR) is 96.0 cm³/mol. The number of carbonyl (C=O) groups excluding carboxylic acids is 1. The van der Waals surface area contributed by atoms with Gasteiger partial charge in [0.05, 0.1) is 12.5 Å². The summed E-state index contributed by atoms with van der Waals surface area (Å²) in [6.07, 6.45) is 2.96. The van der Waals surface area contributed by atoms with E-state index in [4.69, 9.17) is 20.8 Å². The number of furan rings is 1. The van der Waals surface area contributed by atoms with Crippen molar-refractivity contribution in [3.63, 3.8) is 0 Å². The third kappa shape index (κ3) is 4.71. The molecule has 3 aromatic rings. The smallest absolute Gasteiger partial charge is 0.307 e. The molecule has 126 valence electrons. The molecule has 3 rings (SSSR count). The molecule has 1 N–H and O–H groups in total. The summed E-state index contributed by atoms with van der Waals surface area (Å²) < 4.78 is 10.7. The van der Waals surface area contributed by atoms with E-state index in [9.17, 15) is 4.79 Å². The van der Waals surface area contributed by atoms with E-state index in [0.717, 1.165) is 11.1 Å². The largest absolute Gasteiger partial charge is 0.489 e. The molecule has 1 heterocycles. The van der Waals surface area contributed by atoms with E-state index in [2.05, 4.69) is 10.5 Å². The molecule has 2 aromatic carbocycles. The molecule has 0 saturated carbocycles. The molecule has 0 bridgehead atoms. The van der Waals surface area contributed by atoms with E-state index < -0.39 is 5.91 Å². The van der Waals surface area contributed by atoms with Crippen molar-refractivity contribution in [1.82, 2.24) is 5.43 Å². The van der Waals surface area contributed by atoms with Crippen LogP contribution in [0.2, 0.25) is 5.02 Å². The van der Waals surface area contributed by atoms with E-state index in [-0.39, 0.29) is 5.76 Å². The van der Waals surface area contributed by atoms with E-state index in [0.29, 0.717) is 17.4 Å². The maximum atomic E-state index is 11.7. The van der Waals surface area contributed by atoms with Gasteiger partial charge in [0.2, 0.25) is 0 Å². The van der Waals surface area contributed by atoms with Gasteiger partial charge < -0.3 is 9.15 Å². The Morgan fingerprint density at radius 1 is 1.16 bits per heavy atom. The lowest BCUT2D eigenvalue weighted by molar-refractivity contribution is 0.0927. The van der Waals surface area contributed by atoms with Crippen molar-refractivity contribution in [2.45, 2.75) is 6.61 Å². The van der Waals surface area contributed by atoms with Crippen LogP contribution in [-0.2, 0) is 6.61 Å². The second-order valence-electron chi connectivity index (χ2n) is 5.13. The van der Waals surface area contributed by atoms with Crippen molar-refractivity contribution >= 4 is 23.7 Å². The highest BCUT2D eigenvalue weighted by Gasteiger charge is 2.06. The van der Waals surface area contributed by atoms with E-state index in [1.807, 2.05) is 48.5 Å². The van der Waals surface area contributed by atoms with Crippen LogP contribution in [-0.4, -0.2) is 12.1 Å². The molecule has 0 radical (unpaired) electrons. The zero-order valence-electron chi connectivity index (χ0n) is 13.2. The molecule has 25 heavy (non-hydrogen) atoms. The van der Waals surface area contributed by atoms with Crippen molar-refractivity contribution in [2.24, 2.45) is 5.10 Å². The van der Waals surface area contributed by atoms with Gasteiger partial charge in [0, 0.05) is 10.6 Å². The van der Waals surface area contributed by atoms with Crippen LogP contribution in [0, 0.1) is 0 Å². The molecule has 1 aromatic heterocycles. The molecule has 0 aliphatic rings. The Balaban J connectivity index is 1.58. The van der Waals surface area contributed by atoms with Crippen LogP contribution < -0.4 is 10.2 Å². The summed E-state index contributed by atoms with van der Waals surface area (Å²) in [6.45, 7) is 0.371. The Morgan fingerprint density at radius 2 is 2.04 bits per heavy atom. The first-order valence-corrected chi connectivity index (χ1v) is 7.93. The minimum atomic E-state index is -0.410. The summed E-state index contributed by atoms with van der Waals surface area (Å²) in [7, 11) is 0. The summed E-state index contributed by atoms with van der Waals surface area (Å²) in [5, 5.41) is 4.58. The average Bonchev–Trinajstić information content (AvgIpc) is 3.16. The molecule has 5 nitrogen and oxygen atoms in total. The summed E-state index contributed by atoms with van der Waals surface area (Å²) >= 11 is 6.11. The number of carbonyl (C=O) groups is 1. The molecule has 0 aliphatic heterocycles. The topological polar surface area (TPSA) is 63.8 Å². The summed E-state index contributed by atoms with van der Waals surface area (Å²) in [6, 6.07) is 18.1. The van der Waals surface area contributed by atoms with Gasteiger partial charge >= 0.3 is 5.91 Å². The van der Waals surface area contributed by atoms with Gasteiger partial charge in [-0.25, -0.2) is 5.43 Å². The minimum Gasteiger partial charge on any atom is -0.489 e. The zero-order valence-corrected chi connectivity index (χ0v) is 13.9. The Kier molecular flexibility index (Phi) is 5.49. The lowest BCUT2D eigenvalue weighted by atomic mass is 10.2. The summed E-state index contributed by atoms with van der Waals surface area (Å²) in [5.74, 6) is 0.475. The molecule has 0 fully saturated rings. The number of rotatable bonds is 6. The van der Waals surface area contributed by atoms with Crippen LogP contribution in [0.15, 0.2) is 76.4 Å². The number of amides is 1. The second-order valence-corrected chi connectivity index (χ2v) is 5.54. The van der Waals surface area contributed by atoms with E-state index in [1.54, 1.807) is 12.1 Å². The highest BCUT2D eigenvalue weighted by atomic mass is 35.5. The van der Waals surface area contributed by atoms with Crippen LogP contribution in [0.25, 0.3) is 0 Å². The molecular formula is C19H15ClN2O3. The fraction of sp³-hybridized carbons (Fsp3) is 0.0526. The standard InChI is InChI=1S/C19H15ClN2O3/c20-17-8-2-1-6-15(17)13-25-16-7-3-5-14(11-16)12-21-22-19(23)18-9-4-10-24-18/h1-12H,13H2,(H,22,23)/b21-12-. The Labute approximate surface area is 149 Å². The Bertz CT molecular complexity index is 876. The molecular weight excluding hydrogens is 340 g/mol. The predicted octanol–water partition coefficient (Wildman–Crippen LogP) is 4.28. The Morgan fingerprint density at radius 3 is 2.84 bits per heavy atom. The minimum absolute atomic E-state index is 0.203. The summed E-state index contributed by atoms with van der Waals surface area (Å²) in [5.41, 5.74) is 4.10. The number of hydrazone groups is 1. The molecule has 6 heteroatoms. The highest BCUT2D eigenvalue weighted by molar-refractivity contribution is 6.31. The third-order valence-electron chi connectivity index (χ3n) is 3.33. The molecule has 0 saturated heterocycles. The monoisotopic (exact) mass is 354 g/mol. The van der Waals surface area contributed by atoms with Crippen LogP contribution in [0.3, 0.4) is 0 Å². The maximum absolute atomic E-state index is 11.7. The lowest BCUT2D eigenvalue weighted by Crippen LogP contribution is -2.16. The van der Waals surface area contributed by atoms with Gasteiger partial charge in [-0.2, -0.15) is 5.10 Å². The fourth-order valence-electron chi connectivity index (χ4n) is 2.09. The van der Waals surface area contributed by atoms with E-state index >= 15 is 0 Å². The number of ether oxygens (including phenoxy) is 1. The number of benzene rings is 2. The van der Waals surface area contributed by atoms with Crippen molar-refractivity contribution in [2.75, 3.05) is 0 Å². The summed E-state index contributed by atoms with van der Waals surface area (Å²) in [4.78, 5) is 11.7. The highest BCUT2D eigenvalue weighted by Crippen LogP contribution is 2.19. The Hall–Kier alpha value is -3.05. The van der Waals surface area contributed by atoms with Gasteiger partial charge in [-0.15, -0.1) is 0 Å². The van der Waals surface area contributed by atoms with Gasteiger partial charge in [-0.05, 0) is 35.9 Å². The molecule has 0 spiro atoms. The SMILES string of the molecule is O=C(N/N=C\c1cccc(OCc2ccccc2Cl)c1)c1ccco1. The van der Waals surface area contributed by atoms with Crippen molar-refractivity contribution in [3.8, 4) is 5.75 Å². The van der Waals surface area contributed by atoms with Crippen LogP contribution >= 0.6 is 11.6 Å². The first kappa shape index (κ1) is 16.8. The first-order valence-electron chi connectivity index (χ1n) is 7.55. The lowest BCUT2D eigenvalue weighted by Gasteiger charge is -2.08. The van der Waals surface area contributed by atoms with Crippen LogP contribution in [0.4, 0.5) is 0 Å². The number of hydrogen-bond donors (Lipinski definition) is 1. The number of hydrogen-bond acceptors (Lipinski definition) is 4. The van der Waals surface area contributed by atoms with Gasteiger partial charge in [-0.3, -0.25) is 4.79 Å². The average molecular weight is 355 g/mol. The molecule has 0 aliphatic carbocycles. The van der Waals surface area contributed by atoms with Gasteiger partial charge in [-0.1, -0.05) is 41.9 Å². The van der Waals surface area contributed by atoms with E-state index in [1.165, 1.54) is 12.5 Å². The number of nitrogens with zero attached hydrogens (tertiary/aromatic N) is 1. The maximum Gasteiger partial charge on any atom is 0.307 e. The van der Waals surface area contributed by atoms with Crippen molar-refractivity contribution < 1.29 is 13.9 Å². The molecule has 0 atom stereocenters. The van der Waals surface area contributed by atoms with Crippen LogP contribution in [0.5, 0.6) is 5.75 Å². The quantitative estimate of drug-likeness (QED) is 0.531. The number of nitrogens with one attached hydrogen (secondary N) is 1. The zero-order chi connectivity index (χ0) is 17.5. The molecule has 0 unspecified atom stereocenters. The van der Waals surface area contributed by atoms with Gasteiger partial charge in [0.25, 0.3) is 0 Å². The second kappa shape index (κ2) is 8.17. The van der Waals surface area contributed by atoms with Crippen molar-refractivity contribution in [1.29, 1.82) is 0 Å².